The van der Waals surface area contributed by atoms with E-state index in [-0.39, 0.29) is 23.4 Å². The van der Waals surface area contributed by atoms with Gasteiger partial charge in [0.05, 0.1) is 17.2 Å². The van der Waals surface area contributed by atoms with E-state index in [1.165, 1.54) is 5.56 Å². The van der Waals surface area contributed by atoms with Gasteiger partial charge in [0.1, 0.15) is 6.10 Å². The van der Waals surface area contributed by atoms with E-state index < -0.39 is 11.7 Å². The zero-order valence-electron chi connectivity index (χ0n) is 17.3. The summed E-state index contributed by atoms with van der Waals surface area (Å²) in [4.78, 5) is 22.7. The number of ether oxygens (including phenoxy) is 1. The molecule has 0 radical (unpaired) electrons. The van der Waals surface area contributed by atoms with Crippen molar-refractivity contribution in [2.75, 3.05) is 7.05 Å². The van der Waals surface area contributed by atoms with Crippen LogP contribution in [-0.2, 0) is 4.74 Å². The van der Waals surface area contributed by atoms with Gasteiger partial charge in [-0.1, -0.05) is 30.3 Å². The first kappa shape index (κ1) is 20.0. The first-order chi connectivity index (χ1) is 13.8. The molecule has 5 atom stereocenters. The van der Waals surface area contributed by atoms with Crippen molar-refractivity contribution in [1.82, 2.24) is 14.9 Å². The minimum atomic E-state index is -0.798. The van der Waals surface area contributed by atoms with Crippen LogP contribution >= 0.6 is 0 Å². The predicted molar refractivity (Wildman–Crippen MR) is 109 cm³/mol. The van der Waals surface area contributed by atoms with Crippen LogP contribution in [0, 0.1) is 0 Å². The summed E-state index contributed by atoms with van der Waals surface area (Å²) in [5.74, 6) is 0.181. The van der Waals surface area contributed by atoms with Gasteiger partial charge < -0.3 is 14.7 Å². The number of carbonyl (C=O) groups excluding carboxylic acids is 1. The number of amides is 1. The van der Waals surface area contributed by atoms with Gasteiger partial charge in [-0.3, -0.25) is 4.79 Å². The molecule has 2 aromatic rings. The largest absolute Gasteiger partial charge is 0.388 e. The van der Waals surface area contributed by atoms with E-state index in [1.807, 2.05) is 13.0 Å². The van der Waals surface area contributed by atoms with Crippen LogP contribution in [0.4, 0.5) is 0 Å². The Hall–Kier alpha value is -2.31. The lowest BCUT2D eigenvalue weighted by Gasteiger charge is -2.49. The molecule has 0 aliphatic carbocycles. The van der Waals surface area contributed by atoms with Crippen LogP contribution in [0.5, 0.6) is 0 Å². The summed E-state index contributed by atoms with van der Waals surface area (Å²) in [7, 11) is 1.72. The zero-order chi connectivity index (χ0) is 20.6. The summed E-state index contributed by atoms with van der Waals surface area (Å²) in [6, 6.07) is 11.8. The predicted octanol–water partition coefficient (Wildman–Crippen LogP) is 3.18. The second kappa shape index (κ2) is 7.50. The molecular weight excluding hydrogens is 366 g/mol. The summed E-state index contributed by atoms with van der Waals surface area (Å²) in [5.41, 5.74) is 0.206. The monoisotopic (exact) mass is 395 g/mol. The summed E-state index contributed by atoms with van der Waals surface area (Å²) < 4.78 is 6.53. The fourth-order valence-electron chi connectivity index (χ4n) is 5.17. The first-order valence-corrected chi connectivity index (χ1v) is 10.3. The maximum atomic E-state index is 12.9. The number of aliphatic hydroxyl groups is 1. The zero-order valence-corrected chi connectivity index (χ0v) is 17.3. The van der Waals surface area contributed by atoms with Gasteiger partial charge in [-0.2, -0.15) is 0 Å². The number of likely N-dealkylation sites (N-methyl/N-ethyl adjacent to an activating group) is 1. The number of fused-ring (bicyclic) bond motifs is 2. The van der Waals surface area contributed by atoms with Gasteiger partial charge >= 0.3 is 0 Å². The van der Waals surface area contributed by atoms with E-state index in [1.54, 1.807) is 30.4 Å². The number of benzene rings is 1. The van der Waals surface area contributed by atoms with Crippen LogP contribution < -0.4 is 0 Å². The third kappa shape index (κ3) is 3.79. The SMILES string of the molecule is CN(C(=O)c1ncccn1)[C@H]1CC[C@@]2(C)C[C@H](c3ccccc3)C[C@](C)(O2)[C@@H]1O. The normalized spacial score (nSPS) is 34.3. The van der Waals surface area contributed by atoms with Gasteiger partial charge in [-0.15, -0.1) is 0 Å². The van der Waals surface area contributed by atoms with Gasteiger partial charge in [-0.05, 0) is 57.1 Å². The average Bonchev–Trinajstić information content (AvgIpc) is 2.80. The van der Waals surface area contributed by atoms with Crippen LogP contribution in [0.15, 0.2) is 48.8 Å². The number of carbonyl (C=O) groups is 1. The molecular formula is C23H29N3O3. The number of hydrogen-bond acceptors (Lipinski definition) is 5. The van der Waals surface area contributed by atoms with E-state index in [2.05, 4.69) is 41.2 Å². The molecule has 154 valence electrons. The Labute approximate surface area is 171 Å². The second-order valence-corrected chi connectivity index (χ2v) is 8.92. The lowest BCUT2D eigenvalue weighted by Crippen LogP contribution is -2.57. The molecule has 2 aliphatic heterocycles. The van der Waals surface area contributed by atoms with Crippen molar-refractivity contribution in [3.05, 3.63) is 60.2 Å². The van der Waals surface area contributed by atoms with Gasteiger partial charge in [-0.25, -0.2) is 9.97 Å². The Balaban J connectivity index is 1.62. The number of nitrogens with zero attached hydrogens (tertiary/aromatic N) is 3. The molecule has 2 bridgehead atoms. The third-order valence-corrected chi connectivity index (χ3v) is 6.61. The summed E-state index contributed by atoms with van der Waals surface area (Å²) in [6.07, 6.45) is 5.39. The van der Waals surface area contributed by atoms with Crippen LogP contribution in [0.2, 0.25) is 0 Å². The highest BCUT2D eigenvalue weighted by molar-refractivity contribution is 5.90. The molecule has 1 N–H and O–H groups in total. The van der Waals surface area contributed by atoms with E-state index in [0.717, 1.165) is 12.8 Å². The molecule has 2 fully saturated rings. The molecule has 0 saturated carbocycles. The fourth-order valence-corrected chi connectivity index (χ4v) is 5.17. The van der Waals surface area contributed by atoms with Crippen molar-refractivity contribution in [2.45, 2.75) is 68.8 Å². The Morgan fingerprint density at radius 1 is 1.14 bits per heavy atom. The highest BCUT2D eigenvalue weighted by atomic mass is 16.5. The van der Waals surface area contributed by atoms with Gasteiger partial charge in [0.2, 0.25) is 5.82 Å². The quantitative estimate of drug-likeness (QED) is 0.864. The van der Waals surface area contributed by atoms with Crippen molar-refractivity contribution in [3.63, 3.8) is 0 Å². The van der Waals surface area contributed by atoms with E-state index in [0.29, 0.717) is 18.8 Å². The molecule has 29 heavy (non-hydrogen) atoms. The van der Waals surface area contributed by atoms with Crippen LogP contribution in [0.3, 0.4) is 0 Å². The first-order valence-electron chi connectivity index (χ1n) is 10.3. The van der Waals surface area contributed by atoms with Crippen molar-refractivity contribution >= 4 is 5.91 Å². The van der Waals surface area contributed by atoms with Crippen molar-refractivity contribution in [1.29, 1.82) is 0 Å². The molecule has 1 amide bonds. The molecule has 3 heterocycles. The van der Waals surface area contributed by atoms with Gasteiger partial charge in [0, 0.05) is 19.4 Å². The molecule has 2 aliphatic rings. The lowest BCUT2D eigenvalue weighted by molar-refractivity contribution is -0.214. The Morgan fingerprint density at radius 2 is 1.83 bits per heavy atom. The maximum Gasteiger partial charge on any atom is 0.291 e. The number of aliphatic hydroxyl groups excluding tert-OH is 1. The highest BCUT2D eigenvalue weighted by Gasteiger charge is 2.54. The number of hydrogen-bond donors (Lipinski definition) is 1. The Kier molecular flexibility index (Phi) is 5.17. The van der Waals surface area contributed by atoms with Crippen LogP contribution in [0.1, 0.15) is 61.6 Å². The van der Waals surface area contributed by atoms with Crippen LogP contribution in [-0.4, -0.2) is 56.3 Å². The lowest BCUT2D eigenvalue weighted by atomic mass is 9.74. The van der Waals surface area contributed by atoms with E-state index in [4.69, 9.17) is 4.74 Å². The molecule has 0 spiro atoms. The summed E-state index contributed by atoms with van der Waals surface area (Å²) >= 11 is 0. The average molecular weight is 396 g/mol. The van der Waals surface area contributed by atoms with E-state index >= 15 is 0 Å². The van der Waals surface area contributed by atoms with Crippen molar-refractivity contribution in [2.24, 2.45) is 0 Å². The topological polar surface area (TPSA) is 75.6 Å². The fraction of sp³-hybridized carbons (Fsp3) is 0.522. The van der Waals surface area contributed by atoms with Gasteiger partial charge in [0.25, 0.3) is 5.91 Å². The van der Waals surface area contributed by atoms with Crippen molar-refractivity contribution in [3.8, 4) is 0 Å². The minimum absolute atomic E-state index is 0.147. The van der Waals surface area contributed by atoms with Gasteiger partial charge in [0.15, 0.2) is 0 Å². The maximum absolute atomic E-state index is 12.9. The molecule has 1 aromatic heterocycles. The second-order valence-electron chi connectivity index (χ2n) is 8.92. The Morgan fingerprint density at radius 3 is 2.52 bits per heavy atom. The highest BCUT2D eigenvalue weighted by Crippen LogP contribution is 2.50. The molecule has 1 aromatic carbocycles. The third-order valence-electron chi connectivity index (χ3n) is 6.61. The summed E-state index contributed by atoms with van der Waals surface area (Å²) in [5, 5.41) is 11.4. The molecule has 2 saturated heterocycles. The Bertz CT molecular complexity index is 862. The van der Waals surface area contributed by atoms with E-state index in [9.17, 15) is 9.90 Å². The van der Waals surface area contributed by atoms with Crippen LogP contribution in [0.25, 0.3) is 0 Å². The minimum Gasteiger partial charge on any atom is -0.388 e. The molecule has 0 unspecified atom stereocenters. The molecule has 6 heteroatoms. The number of rotatable bonds is 3. The molecule has 4 rings (SSSR count). The van der Waals surface area contributed by atoms with Crippen molar-refractivity contribution < 1.29 is 14.6 Å². The number of aromatic nitrogens is 2. The standard InChI is InChI=1S/C23H29N3O3/c1-22-11-10-18(26(3)21(28)20-24-12-7-13-25-20)19(27)23(2,29-22)15-17(14-22)16-8-5-4-6-9-16/h4-9,12-13,17-19,27H,10-11,14-15H2,1-3H3/t17-,18-,19+,22-,23-/m0/s1. The smallest absolute Gasteiger partial charge is 0.291 e. The molecule has 6 nitrogen and oxygen atoms in total. The summed E-state index contributed by atoms with van der Waals surface area (Å²) in [6.45, 7) is 4.12.